The fourth-order valence-electron chi connectivity index (χ4n) is 1.37. The first-order valence-corrected chi connectivity index (χ1v) is 3.59. The zero-order chi connectivity index (χ0) is 7.03. The number of hydrogen-bond donors (Lipinski definition) is 2. The topological polar surface area (TPSA) is 54.7 Å². The molecule has 1 heterocycles. The predicted molar refractivity (Wildman–Crippen MR) is 38.3 cm³/mol. The van der Waals surface area contributed by atoms with E-state index in [0.29, 0.717) is 0 Å². The highest BCUT2D eigenvalue weighted by Crippen LogP contribution is 2.37. The molecule has 0 aliphatic heterocycles. The predicted octanol–water partition coefficient (Wildman–Crippen LogP) is 0.748. The number of rotatable bonds is 1. The van der Waals surface area contributed by atoms with Crippen LogP contribution in [0.3, 0.4) is 0 Å². The Balaban J connectivity index is 2.27. The van der Waals surface area contributed by atoms with Gasteiger partial charge in [-0.2, -0.15) is 5.10 Å². The van der Waals surface area contributed by atoms with Crippen molar-refractivity contribution in [1.29, 1.82) is 0 Å². The second-order valence-corrected chi connectivity index (χ2v) is 3.00. The molecule has 3 N–H and O–H groups in total. The van der Waals surface area contributed by atoms with Crippen molar-refractivity contribution >= 4 is 0 Å². The van der Waals surface area contributed by atoms with Crippen LogP contribution in [0.2, 0.25) is 0 Å². The normalized spacial score (nSPS) is 22.1. The van der Waals surface area contributed by atoms with E-state index < -0.39 is 0 Å². The van der Waals surface area contributed by atoms with Crippen molar-refractivity contribution in [2.24, 2.45) is 5.73 Å². The maximum absolute atomic E-state index is 6.01. The van der Waals surface area contributed by atoms with E-state index in [2.05, 4.69) is 10.2 Å². The number of aromatic nitrogens is 2. The van der Waals surface area contributed by atoms with Gasteiger partial charge in [-0.05, 0) is 19.3 Å². The van der Waals surface area contributed by atoms with E-state index >= 15 is 0 Å². The summed E-state index contributed by atoms with van der Waals surface area (Å²) in [5.41, 5.74) is 7.11. The van der Waals surface area contributed by atoms with Gasteiger partial charge in [0, 0.05) is 17.3 Å². The quantitative estimate of drug-likeness (QED) is 0.600. The lowest BCUT2D eigenvalue weighted by atomic mass is 9.74. The van der Waals surface area contributed by atoms with Crippen LogP contribution in [0.15, 0.2) is 12.4 Å². The van der Waals surface area contributed by atoms with Gasteiger partial charge >= 0.3 is 0 Å². The van der Waals surface area contributed by atoms with Crippen LogP contribution in [0.5, 0.6) is 0 Å². The number of nitrogens with two attached hydrogens (primary N) is 1. The summed E-state index contributed by atoms with van der Waals surface area (Å²) < 4.78 is 0. The fraction of sp³-hybridized carbons (Fsp3) is 0.571. The number of nitrogens with one attached hydrogen (secondary N) is 1. The minimum Gasteiger partial charge on any atom is -0.321 e. The Bertz CT molecular complexity index is 211. The van der Waals surface area contributed by atoms with Crippen molar-refractivity contribution in [3.63, 3.8) is 0 Å². The first-order chi connectivity index (χ1) is 4.81. The van der Waals surface area contributed by atoms with Gasteiger partial charge in [-0.1, -0.05) is 0 Å². The monoisotopic (exact) mass is 137 g/mol. The highest BCUT2D eigenvalue weighted by Gasteiger charge is 2.34. The number of H-pyrrole nitrogens is 1. The molecule has 54 valence electrons. The van der Waals surface area contributed by atoms with E-state index in [1.807, 2.05) is 12.4 Å². The number of aromatic amines is 1. The van der Waals surface area contributed by atoms with Gasteiger partial charge in [0.05, 0.1) is 6.20 Å². The molecule has 10 heavy (non-hydrogen) atoms. The van der Waals surface area contributed by atoms with Gasteiger partial charge in [0.2, 0.25) is 0 Å². The summed E-state index contributed by atoms with van der Waals surface area (Å²) in [7, 11) is 0. The molecule has 1 fully saturated rings. The summed E-state index contributed by atoms with van der Waals surface area (Å²) in [5.74, 6) is 0. The molecule has 0 bridgehead atoms. The summed E-state index contributed by atoms with van der Waals surface area (Å²) >= 11 is 0. The minimum absolute atomic E-state index is 0.0486. The molecule has 0 radical (unpaired) electrons. The largest absolute Gasteiger partial charge is 0.321 e. The van der Waals surface area contributed by atoms with Crippen molar-refractivity contribution in [2.45, 2.75) is 24.8 Å². The van der Waals surface area contributed by atoms with Gasteiger partial charge in [-0.3, -0.25) is 5.10 Å². The SMILES string of the molecule is NC1(c2cn[nH]c2)CCC1. The molecule has 0 aromatic carbocycles. The average molecular weight is 137 g/mol. The Morgan fingerprint density at radius 1 is 1.60 bits per heavy atom. The summed E-state index contributed by atoms with van der Waals surface area (Å²) in [4.78, 5) is 0. The molecule has 0 amide bonds. The standard InChI is InChI=1S/C7H11N3/c8-7(2-1-3-7)6-4-9-10-5-6/h4-5H,1-3,8H2,(H,9,10). The van der Waals surface area contributed by atoms with Crippen LogP contribution in [0.25, 0.3) is 0 Å². The molecule has 0 saturated heterocycles. The van der Waals surface area contributed by atoms with Crippen molar-refractivity contribution in [1.82, 2.24) is 10.2 Å². The molecular formula is C7H11N3. The lowest BCUT2D eigenvalue weighted by molar-refractivity contribution is 0.253. The van der Waals surface area contributed by atoms with Crippen molar-refractivity contribution in [3.8, 4) is 0 Å². The van der Waals surface area contributed by atoms with Gasteiger partial charge in [0.15, 0.2) is 0 Å². The van der Waals surface area contributed by atoms with Crippen LogP contribution in [-0.2, 0) is 5.54 Å². The van der Waals surface area contributed by atoms with E-state index in [9.17, 15) is 0 Å². The third kappa shape index (κ3) is 0.671. The van der Waals surface area contributed by atoms with Crippen LogP contribution in [0.1, 0.15) is 24.8 Å². The maximum atomic E-state index is 6.01. The second-order valence-electron chi connectivity index (χ2n) is 3.00. The van der Waals surface area contributed by atoms with Gasteiger partial charge < -0.3 is 5.73 Å². The van der Waals surface area contributed by atoms with Gasteiger partial charge in [0.1, 0.15) is 0 Å². The summed E-state index contributed by atoms with van der Waals surface area (Å²) in [6.07, 6.45) is 7.17. The van der Waals surface area contributed by atoms with Crippen LogP contribution >= 0.6 is 0 Å². The molecule has 3 nitrogen and oxygen atoms in total. The van der Waals surface area contributed by atoms with Crippen LogP contribution in [0.4, 0.5) is 0 Å². The van der Waals surface area contributed by atoms with Crippen molar-refractivity contribution < 1.29 is 0 Å². The average Bonchev–Trinajstić information content (AvgIpc) is 2.33. The molecular weight excluding hydrogens is 126 g/mol. The maximum Gasteiger partial charge on any atom is 0.0537 e. The van der Waals surface area contributed by atoms with E-state index in [1.165, 1.54) is 6.42 Å². The Morgan fingerprint density at radius 3 is 2.80 bits per heavy atom. The summed E-state index contributed by atoms with van der Waals surface area (Å²) in [6, 6.07) is 0. The van der Waals surface area contributed by atoms with Gasteiger partial charge in [0.25, 0.3) is 0 Å². The minimum atomic E-state index is -0.0486. The van der Waals surface area contributed by atoms with E-state index in [-0.39, 0.29) is 5.54 Å². The molecule has 1 aliphatic carbocycles. The molecule has 0 spiro atoms. The van der Waals surface area contributed by atoms with E-state index in [0.717, 1.165) is 18.4 Å². The molecule has 3 heteroatoms. The highest BCUT2D eigenvalue weighted by molar-refractivity contribution is 5.19. The van der Waals surface area contributed by atoms with Crippen molar-refractivity contribution in [3.05, 3.63) is 18.0 Å². The Kier molecular flexibility index (Phi) is 1.08. The lowest BCUT2D eigenvalue weighted by Crippen LogP contribution is -2.42. The number of hydrogen-bond acceptors (Lipinski definition) is 2. The third-order valence-electron chi connectivity index (χ3n) is 2.32. The zero-order valence-corrected chi connectivity index (χ0v) is 5.80. The Hall–Kier alpha value is -0.830. The van der Waals surface area contributed by atoms with Gasteiger partial charge in [-0.15, -0.1) is 0 Å². The molecule has 2 rings (SSSR count). The molecule has 1 aliphatic rings. The van der Waals surface area contributed by atoms with Crippen LogP contribution in [-0.4, -0.2) is 10.2 Å². The Labute approximate surface area is 59.6 Å². The molecule has 1 saturated carbocycles. The third-order valence-corrected chi connectivity index (χ3v) is 2.32. The van der Waals surface area contributed by atoms with Crippen LogP contribution < -0.4 is 5.73 Å². The van der Waals surface area contributed by atoms with E-state index in [4.69, 9.17) is 5.73 Å². The summed E-state index contributed by atoms with van der Waals surface area (Å²) in [6.45, 7) is 0. The van der Waals surface area contributed by atoms with Gasteiger partial charge in [-0.25, -0.2) is 0 Å². The first kappa shape index (κ1) is 5.92. The van der Waals surface area contributed by atoms with Crippen molar-refractivity contribution in [2.75, 3.05) is 0 Å². The molecule has 1 aromatic rings. The first-order valence-electron chi connectivity index (χ1n) is 3.59. The molecule has 0 atom stereocenters. The zero-order valence-electron chi connectivity index (χ0n) is 5.80. The smallest absolute Gasteiger partial charge is 0.0537 e. The molecule has 1 aromatic heterocycles. The van der Waals surface area contributed by atoms with E-state index in [1.54, 1.807) is 0 Å². The highest BCUT2D eigenvalue weighted by atomic mass is 15.1. The van der Waals surface area contributed by atoms with Crippen LogP contribution in [0, 0.1) is 0 Å². The Morgan fingerprint density at radius 2 is 2.40 bits per heavy atom. The number of nitrogens with zero attached hydrogens (tertiary/aromatic N) is 1. The lowest BCUT2D eigenvalue weighted by Gasteiger charge is -2.37. The summed E-state index contributed by atoms with van der Waals surface area (Å²) in [5, 5.41) is 6.64. The fourth-order valence-corrected chi connectivity index (χ4v) is 1.37. The molecule has 0 unspecified atom stereocenters. The second kappa shape index (κ2) is 1.83.